The molecule has 0 amide bonds. The van der Waals surface area contributed by atoms with E-state index in [1.54, 1.807) is 0 Å². The van der Waals surface area contributed by atoms with Crippen molar-refractivity contribution in [3.8, 4) is 0 Å². The van der Waals surface area contributed by atoms with Gasteiger partial charge in [-0.15, -0.1) is 0 Å². The van der Waals surface area contributed by atoms with Gasteiger partial charge < -0.3 is 11.5 Å². The lowest BCUT2D eigenvalue weighted by Crippen LogP contribution is -2.00. The third kappa shape index (κ3) is 1.58. The van der Waals surface area contributed by atoms with Crippen LogP contribution in [-0.4, -0.2) is 0 Å². The highest BCUT2D eigenvalue weighted by atomic mass is 14.6. The molecule has 20 heavy (non-hydrogen) atoms. The van der Waals surface area contributed by atoms with Crippen LogP contribution in [0.25, 0.3) is 21.5 Å². The molecule has 3 aromatic carbocycles. The lowest BCUT2D eigenvalue weighted by Gasteiger charge is -2.17. The van der Waals surface area contributed by atoms with Crippen molar-refractivity contribution < 1.29 is 0 Å². The van der Waals surface area contributed by atoms with Crippen LogP contribution in [0.2, 0.25) is 0 Å². The fraction of sp³-hybridized carbons (Fsp3) is 0.222. The van der Waals surface area contributed by atoms with Crippen molar-refractivity contribution in [2.24, 2.45) is 0 Å². The van der Waals surface area contributed by atoms with E-state index >= 15 is 0 Å². The maximum atomic E-state index is 6.25. The molecule has 0 aliphatic heterocycles. The molecule has 0 heterocycles. The lowest BCUT2D eigenvalue weighted by atomic mass is 9.89. The Labute approximate surface area is 119 Å². The third-order valence-corrected chi connectivity index (χ3v) is 4.57. The molecule has 0 unspecified atom stereocenters. The first-order chi connectivity index (χ1) is 9.41. The van der Waals surface area contributed by atoms with Gasteiger partial charge in [-0.1, -0.05) is 6.07 Å². The minimum absolute atomic E-state index is 0.797. The Morgan fingerprint density at radius 2 is 1.40 bits per heavy atom. The third-order valence-electron chi connectivity index (χ3n) is 4.57. The highest BCUT2D eigenvalue weighted by Crippen LogP contribution is 2.37. The summed E-state index contributed by atoms with van der Waals surface area (Å²) in [5.41, 5.74) is 18.8. The lowest BCUT2D eigenvalue weighted by molar-refractivity contribution is 1.34. The number of nitrogen functional groups attached to an aromatic ring is 2. The van der Waals surface area contributed by atoms with E-state index in [-0.39, 0.29) is 0 Å². The first-order valence-electron chi connectivity index (χ1n) is 6.89. The molecule has 2 nitrogen and oxygen atoms in total. The van der Waals surface area contributed by atoms with Gasteiger partial charge in [0, 0.05) is 11.4 Å². The van der Waals surface area contributed by atoms with Crippen LogP contribution in [-0.2, 0) is 0 Å². The summed E-state index contributed by atoms with van der Waals surface area (Å²) in [6, 6.07) is 8.33. The van der Waals surface area contributed by atoms with Crippen LogP contribution in [0.15, 0.2) is 24.3 Å². The molecule has 0 saturated heterocycles. The number of fused-ring (bicyclic) bond motifs is 2. The Balaban J connectivity index is 2.63. The van der Waals surface area contributed by atoms with Crippen LogP contribution >= 0.6 is 0 Å². The first kappa shape index (κ1) is 12.8. The van der Waals surface area contributed by atoms with Crippen molar-refractivity contribution in [2.45, 2.75) is 27.7 Å². The molecule has 3 aromatic rings. The summed E-state index contributed by atoms with van der Waals surface area (Å²) in [5, 5.41) is 5.01. The second-order valence-corrected chi connectivity index (χ2v) is 5.69. The number of benzene rings is 3. The average Bonchev–Trinajstić information content (AvgIpc) is 2.42. The normalized spacial score (nSPS) is 11.4. The summed E-state index contributed by atoms with van der Waals surface area (Å²) < 4.78 is 0. The van der Waals surface area contributed by atoms with Crippen molar-refractivity contribution in [3.05, 3.63) is 46.5 Å². The summed E-state index contributed by atoms with van der Waals surface area (Å²) >= 11 is 0. The van der Waals surface area contributed by atoms with Gasteiger partial charge in [-0.3, -0.25) is 0 Å². The SMILES string of the molecule is Cc1c(N)c(C)c2cc3cc(N)ccc3c(C)c2c1C. The second-order valence-electron chi connectivity index (χ2n) is 5.69. The molecule has 0 aromatic heterocycles. The summed E-state index contributed by atoms with van der Waals surface area (Å²) in [6.45, 7) is 8.54. The standard InChI is InChI=1S/C18H20N2/c1-9-10(2)18(20)12(4)16-8-13-7-14(19)5-6-15(13)11(3)17(9)16/h5-8H,19-20H2,1-4H3. The number of hydrogen-bond acceptors (Lipinski definition) is 2. The molecular weight excluding hydrogens is 244 g/mol. The maximum Gasteiger partial charge on any atom is 0.0382 e. The van der Waals surface area contributed by atoms with Crippen LogP contribution in [0.5, 0.6) is 0 Å². The summed E-state index contributed by atoms with van der Waals surface area (Å²) in [5.74, 6) is 0. The van der Waals surface area contributed by atoms with Gasteiger partial charge in [-0.2, -0.15) is 0 Å². The fourth-order valence-electron chi connectivity index (χ4n) is 3.20. The zero-order chi connectivity index (χ0) is 14.6. The van der Waals surface area contributed by atoms with E-state index in [2.05, 4.69) is 39.8 Å². The van der Waals surface area contributed by atoms with Crippen LogP contribution in [0.4, 0.5) is 11.4 Å². The van der Waals surface area contributed by atoms with Gasteiger partial charge in [0.2, 0.25) is 0 Å². The van der Waals surface area contributed by atoms with Crippen molar-refractivity contribution in [1.29, 1.82) is 0 Å². The van der Waals surface area contributed by atoms with E-state index in [1.807, 2.05) is 12.1 Å². The number of rotatable bonds is 0. The van der Waals surface area contributed by atoms with Gasteiger partial charge in [-0.05, 0) is 89.7 Å². The van der Waals surface area contributed by atoms with E-state index in [4.69, 9.17) is 11.5 Å². The molecule has 0 aliphatic rings. The molecule has 0 atom stereocenters. The largest absolute Gasteiger partial charge is 0.399 e. The van der Waals surface area contributed by atoms with Gasteiger partial charge in [0.15, 0.2) is 0 Å². The smallest absolute Gasteiger partial charge is 0.0382 e. The number of aryl methyl sites for hydroxylation is 3. The molecule has 3 rings (SSSR count). The first-order valence-corrected chi connectivity index (χ1v) is 6.89. The van der Waals surface area contributed by atoms with Gasteiger partial charge >= 0.3 is 0 Å². The molecular formula is C18H20N2. The topological polar surface area (TPSA) is 52.0 Å². The van der Waals surface area contributed by atoms with E-state index in [0.717, 1.165) is 16.9 Å². The quantitative estimate of drug-likeness (QED) is 0.467. The molecule has 0 aliphatic carbocycles. The number of anilines is 2. The van der Waals surface area contributed by atoms with Crippen LogP contribution < -0.4 is 11.5 Å². The van der Waals surface area contributed by atoms with E-state index in [1.165, 1.54) is 38.2 Å². The van der Waals surface area contributed by atoms with Crippen LogP contribution in [0, 0.1) is 27.7 Å². The molecule has 2 heteroatoms. The second kappa shape index (κ2) is 4.14. The van der Waals surface area contributed by atoms with Gasteiger partial charge in [-0.25, -0.2) is 0 Å². The molecule has 0 bridgehead atoms. The molecule has 0 saturated carbocycles. The zero-order valence-electron chi connectivity index (χ0n) is 12.5. The molecule has 102 valence electrons. The van der Waals surface area contributed by atoms with Crippen molar-refractivity contribution in [1.82, 2.24) is 0 Å². The molecule has 0 fully saturated rings. The van der Waals surface area contributed by atoms with E-state index < -0.39 is 0 Å². The van der Waals surface area contributed by atoms with Gasteiger partial charge in [0.1, 0.15) is 0 Å². The summed E-state index contributed by atoms with van der Waals surface area (Å²) in [4.78, 5) is 0. The van der Waals surface area contributed by atoms with E-state index in [9.17, 15) is 0 Å². The minimum Gasteiger partial charge on any atom is -0.399 e. The predicted molar refractivity (Wildman–Crippen MR) is 89.2 cm³/mol. The molecule has 4 N–H and O–H groups in total. The monoisotopic (exact) mass is 264 g/mol. The number of nitrogens with two attached hydrogens (primary N) is 2. The minimum atomic E-state index is 0.797. The van der Waals surface area contributed by atoms with Crippen molar-refractivity contribution >= 4 is 32.9 Å². The highest BCUT2D eigenvalue weighted by molar-refractivity contribution is 6.07. The van der Waals surface area contributed by atoms with Crippen molar-refractivity contribution in [3.63, 3.8) is 0 Å². The zero-order valence-corrected chi connectivity index (χ0v) is 12.5. The Hall–Kier alpha value is -2.22. The number of hydrogen-bond donors (Lipinski definition) is 2. The Bertz CT molecular complexity index is 861. The predicted octanol–water partition coefficient (Wildman–Crippen LogP) is 4.39. The highest BCUT2D eigenvalue weighted by Gasteiger charge is 2.13. The average molecular weight is 264 g/mol. The van der Waals surface area contributed by atoms with Gasteiger partial charge in [0.05, 0.1) is 0 Å². The Morgan fingerprint density at radius 3 is 2.10 bits per heavy atom. The summed E-state index contributed by atoms with van der Waals surface area (Å²) in [6.07, 6.45) is 0. The van der Waals surface area contributed by atoms with Crippen LogP contribution in [0.3, 0.4) is 0 Å². The molecule has 0 spiro atoms. The Kier molecular flexibility index (Phi) is 2.65. The van der Waals surface area contributed by atoms with Gasteiger partial charge in [0.25, 0.3) is 0 Å². The maximum absolute atomic E-state index is 6.25. The van der Waals surface area contributed by atoms with E-state index in [0.29, 0.717) is 0 Å². The fourth-order valence-corrected chi connectivity index (χ4v) is 3.20. The van der Waals surface area contributed by atoms with Crippen molar-refractivity contribution in [2.75, 3.05) is 11.5 Å². The summed E-state index contributed by atoms with van der Waals surface area (Å²) in [7, 11) is 0. The van der Waals surface area contributed by atoms with Crippen LogP contribution in [0.1, 0.15) is 22.3 Å². The molecule has 0 radical (unpaired) electrons. The Morgan fingerprint density at radius 1 is 0.700 bits per heavy atom.